The van der Waals surface area contributed by atoms with Crippen molar-refractivity contribution in [3.05, 3.63) is 101 Å². The first-order valence-electron chi connectivity index (χ1n) is 9.45. The first-order chi connectivity index (χ1) is 13.2. The number of nitrogens with two attached hydrogens (primary N) is 1. The molecule has 1 aliphatic rings. The molecule has 4 rings (SSSR count). The molecule has 0 bridgehead atoms. The van der Waals surface area contributed by atoms with Crippen LogP contribution in [0.2, 0.25) is 0 Å². The zero-order valence-electron chi connectivity index (χ0n) is 15.7. The summed E-state index contributed by atoms with van der Waals surface area (Å²) >= 11 is 0. The average molecular weight is 355 g/mol. The van der Waals surface area contributed by atoms with Gasteiger partial charge in [-0.2, -0.15) is 0 Å². The van der Waals surface area contributed by atoms with Crippen LogP contribution in [0.25, 0.3) is 0 Å². The van der Waals surface area contributed by atoms with Crippen LogP contribution in [0.4, 0.5) is 5.69 Å². The number of aryl methyl sites for hydroxylation is 1. The first-order valence-corrected chi connectivity index (χ1v) is 9.45. The Bertz CT molecular complexity index is 929. The highest BCUT2D eigenvalue weighted by Gasteiger charge is 2.23. The summed E-state index contributed by atoms with van der Waals surface area (Å²) in [5.41, 5.74) is 11.8. The Hall–Kier alpha value is -3.07. The van der Waals surface area contributed by atoms with Crippen LogP contribution in [0.3, 0.4) is 0 Å². The number of nitrogen functional groups attached to an aromatic ring is 1. The molecule has 2 N–H and O–H groups in total. The summed E-state index contributed by atoms with van der Waals surface area (Å²) in [7, 11) is 2.14. The van der Waals surface area contributed by atoms with Gasteiger partial charge < -0.3 is 10.6 Å². The molecule has 3 aromatic carbocycles. The van der Waals surface area contributed by atoms with Crippen LogP contribution in [0.15, 0.2) is 83.9 Å². The lowest BCUT2D eigenvalue weighted by atomic mass is 9.95. The van der Waals surface area contributed by atoms with Gasteiger partial charge in [-0.1, -0.05) is 66.7 Å². The van der Waals surface area contributed by atoms with E-state index < -0.39 is 0 Å². The highest BCUT2D eigenvalue weighted by Crippen LogP contribution is 2.32. The second kappa shape index (κ2) is 7.67. The molecule has 0 fully saturated rings. The van der Waals surface area contributed by atoms with Gasteiger partial charge in [0.25, 0.3) is 0 Å². The van der Waals surface area contributed by atoms with Crippen LogP contribution in [0.5, 0.6) is 0 Å². The van der Waals surface area contributed by atoms with Gasteiger partial charge in [0.1, 0.15) is 11.9 Å². The topological polar surface area (TPSA) is 41.6 Å². The number of hydrogen-bond donors (Lipinski definition) is 1. The maximum Gasteiger partial charge on any atom is 0.102 e. The monoisotopic (exact) mass is 355 g/mol. The fourth-order valence-corrected chi connectivity index (χ4v) is 3.69. The third-order valence-corrected chi connectivity index (χ3v) is 5.21. The van der Waals surface area contributed by atoms with Crippen molar-refractivity contribution in [1.29, 1.82) is 0 Å². The molecular weight excluding hydrogens is 330 g/mol. The lowest BCUT2D eigenvalue weighted by Gasteiger charge is -2.20. The van der Waals surface area contributed by atoms with Crippen LogP contribution in [0, 0.1) is 0 Å². The van der Waals surface area contributed by atoms with Gasteiger partial charge in [0.15, 0.2) is 0 Å². The largest absolute Gasteiger partial charge is 0.399 e. The van der Waals surface area contributed by atoms with Crippen molar-refractivity contribution in [3.8, 4) is 0 Å². The van der Waals surface area contributed by atoms with Gasteiger partial charge in [0.05, 0.1) is 0 Å². The molecule has 0 saturated heterocycles. The van der Waals surface area contributed by atoms with Crippen LogP contribution in [0.1, 0.15) is 34.7 Å². The molecule has 1 aliphatic heterocycles. The number of fused-ring (bicyclic) bond motifs is 1. The maximum atomic E-state index is 5.81. The predicted molar refractivity (Wildman–Crippen MR) is 113 cm³/mol. The normalized spacial score (nSPS) is 16.4. The minimum Gasteiger partial charge on any atom is -0.399 e. The van der Waals surface area contributed by atoms with Gasteiger partial charge in [-0.05, 0) is 40.8 Å². The van der Waals surface area contributed by atoms with Crippen molar-refractivity contribution in [3.63, 3.8) is 0 Å². The molecule has 1 unspecified atom stereocenters. The van der Waals surface area contributed by atoms with Crippen molar-refractivity contribution >= 4 is 11.5 Å². The lowest BCUT2D eigenvalue weighted by Crippen LogP contribution is -2.26. The van der Waals surface area contributed by atoms with E-state index >= 15 is 0 Å². The Morgan fingerprint density at radius 1 is 0.889 bits per heavy atom. The zero-order chi connectivity index (χ0) is 18.6. The van der Waals surface area contributed by atoms with Crippen molar-refractivity contribution in [2.24, 2.45) is 4.99 Å². The second-order valence-electron chi connectivity index (χ2n) is 7.16. The molecule has 0 aromatic heterocycles. The van der Waals surface area contributed by atoms with Gasteiger partial charge in [-0.15, -0.1) is 0 Å². The predicted octanol–water partition coefficient (Wildman–Crippen LogP) is 4.83. The van der Waals surface area contributed by atoms with Gasteiger partial charge in [-0.25, -0.2) is 0 Å². The highest BCUT2D eigenvalue weighted by atomic mass is 15.2. The van der Waals surface area contributed by atoms with E-state index in [2.05, 4.69) is 78.7 Å². The van der Waals surface area contributed by atoms with E-state index in [0.29, 0.717) is 0 Å². The quantitative estimate of drug-likeness (QED) is 0.681. The number of nitrogens with zero attached hydrogens (tertiary/aromatic N) is 2. The van der Waals surface area contributed by atoms with E-state index in [1.807, 2.05) is 12.1 Å². The molecule has 3 nitrogen and oxygen atoms in total. The minimum atomic E-state index is 0.0498. The van der Waals surface area contributed by atoms with Gasteiger partial charge in [0, 0.05) is 25.7 Å². The highest BCUT2D eigenvalue weighted by molar-refractivity contribution is 5.83. The standard InChI is InChI=1S/C24H25N3/c1-27-17-20-9-5-6-10-22(20)24(19-7-3-2-4-8-19)26-23(27)16-13-18-11-14-21(25)15-12-18/h2-12,14-15,24H,13,16-17,25H2,1H3. The van der Waals surface area contributed by atoms with E-state index in [-0.39, 0.29) is 6.04 Å². The van der Waals surface area contributed by atoms with E-state index in [4.69, 9.17) is 10.7 Å². The van der Waals surface area contributed by atoms with E-state index in [0.717, 1.165) is 30.9 Å². The van der Waals surface area contributed by atoms with Gasteiger partial charge in [0.2, 0.25) is 0 Å². The third kappa shape index (κ3) is 3.87. The number of benzene rings is 3. The SMILES string of the molecule is CN1Cc2ccccc2C(c2ccccc2)N=C1CCc1ccc(N)cc1. The molecule has 27 heavy (non-hydrogen) atoms. The number of hydrogen-bond acceptors (Lipinski definition) is 3. The molecule has 136 valence electrons. The summed E-state index contributed by atoms with van der Waals surface area (Å²) in [6.07, 6.45) is 1.87. The molecule has 3 heteroatoms. The van der Waals surface area contributed by atoms with Crippen LogP contribution < -0.4 is 5.73 Å². The second-order valence-corrected chi connectivity index (χ2v) is 7.16. The molecule has 0 aliphatic carbocycles. The number of amidine groups is 1. The van der Waals surface area contributed by atoms with Crippen molar-refractivity contribution < 1.29 is 0 Å². The summed E-state index contributed by atoms with van der Waals surface area (Å²) in [4.78, 5) is 7.51. The van der Waals surface area contributed by atoms with Crippen molar-refractivity contribution in [1.82, 2.24) is 4.90 Å². The van der Waals surface area contributed by atoms with Crippen LogP contribution in [-0.2, 0) is 13.0 Å². The van der Waals surface area contributed by atoms with E-state index in [1.54, 1.807) is 0 Å². The lowest BCUT2D eigenvalue weighted by molar-refractivity contribution is 0.490. The Labute approximate surface area is 161 Å². The minimum absolute atomic E-state index is 0.0498. The van der Waals surface area contributed by atoms with Gasteiger partial charge >= 0.3 is 0 Å². The summed E-state index contributed by atoms with van der Waals surface area (Å²) in [6.45, 7) is 0.889. The first kappa shape index (κ1) is 17.3. The summed E-state index contributed by atoms with van der Waals surface area (Å²) in [6, 6.07) is 27.5. The van der Waals surface area contributed by atoms with Crippen LogP contribution >= 0.6 is 0 Å². The summed E-state index contributed by atoms with van der Waals surface area (Å²) in [5.74, 6) is 1.15. The fourth-order valence-electron chi connectivity index (χ4n) is 3.69. The Balaban J connectivity index is 1.66. The molecular formula is C24H25N3. The number of aliphatic imine (C=N–C) groups is 1. The molecule has 3 aromatic rings. The number of anilines is 1. The van der Waals surface area contributed by atoms with E-state index in [9.17, 15) is 0 Å². The smallest absolute Gasteiger partial charge is 0.102 e. The Morgan fingerprint density at radius 3 is 2.37 bits per heavy atom. The zero-order valence-corrected chi connectivity index (χ0v) is 15.7. The Kier molecular flexibility index (Phi) is 4.93. The van der Waals surface area contributed by atoms with Gasteiger partial charge in [-0.3, -0.25) is 4.99 Å². The van der Waals surface area contributed by atoms with Crippen molar-refractivity contribution in [2.75, 3.05) is 12.8 Å². The summed E-state index contributed by atoms with van der Waals surface area (Å²) < 4.78 is 0. The number of rotatable bonds is 4. The molecule has 0 spiro atoms. The molecule has 0 saturated carbocycles. The van der Waals surface area contributed by atoms with Crippen molar-refractivity contribution in [2.45, 2.75) is 25.4 Å². The molecule has 0 radical (unpaired) electrons. The fraction of sp³-hybridized carbons (Fsp3) is 0.208. The Morgan fingerprint density at radius 2 is 1.59 bits per heavy atom. The average Bonchev–Trinajstić information content (AvgIpc) is 2.84. The molecule has 0 amide bonds. The summed E-state index contributed by atoms with van der Waals surface area (Å²) in [5, 5.41) is 0. The maximum absolute atomic E-state index is 5.81. The van der Waals surface area contributed by atoms with E-state index in [1.165, 1.54) is 22.3 Å². The molecule has 1 heterocycles. The van der Waals surface area contributed by atoms with Crippen LogP contribution in [-0.4, -0.2) is 17.8 Å². The third-order valence-electron chi connectivity index (χ3n) is 5.21. The molecule has 1 atom stereocenters.